The van der Waals surface area contributed by atoms with E-state index in [1.54, 1.807) is 0 Å². The lowest BCUT2D eigenvalue weighted by Gasteiger charge is -2.24. The Morgan fingerprint density at radius 3 is 2.67 bits per heavy atom. The zero-order chi connectivity index (χ0) is 13.0. The van der Waals surface area contributed by atoms with Crippen molar-refractivity contribution >= 4 is 15.9 Å². The van der Waals surface area contributed by atoms with Gasteiger partial charge in [-0.3, -0.25) is 0 Å². The maximum absolute atomic E-state index is 13.0. The molecule has 1 aliphatic carbocycles. The summed E-state index contributed by atoms with van der Waals surface area (Å²) in [5.74, 6) is 0.597. The van der Waals surface area contributed by atoms with Crippen molar-refractivity contribution in [3.63, 3.8) is 0 Å². The van der Waals surface area contributed by atoms with Gasteiger partial charge in [-0.2, -0.15) is 0 Å². The van der Waals surface area contributed by atoms with Crippen molar-refractivity contribution in [3.05, 3.63) is 34.1 Å². The molecule has 100 valence electrons. The molecule has 0 radical (unpaired) electrons. The Morgan fingerprint density at radius 2 is 2.00 bits per heavy atom. The molecule has 1 atom stereocenters. The van der Waals surface area contributed by atoms with Crippen LogP contribution in [0.1, 0.15) is 44.1 Å². The lowest BCUT2D eigenvalue weighted by atomic mass is 9.84. The van der Waals surface area contributed by atoms with Crippen LogP contribution in [0.25, 0.3) is 0 Å². The van der Waals surface area contributed by atoms with E-state index in [9.17, 15) is 4.39 Å². The highest BCUT2D eigenvalue weighted by Crippen LogP contribution is 2.28. The maximum atomic E-state index is 13.0. The van der Waals surface area contributed by atoms with Crippen LogP contribution < -0.4 is 5.73 Å². The molecule has 1 unspecified atom stereocenters. The summed E-state index contributed by atoms with van der Waals surface area (Å²) in [5.41, 5.74) is 7.34. The van der Waals surface area contributed by atoms with Gasteiger partial charge in [0.15, 0.2) is 0 Å². The lowest BCUT2D eigenvalue weighted by molar-refractivity contribution is 0.316. The van der Waals surface area contributed by atoms with E-state index in [-0.39, 0.29) is 11.9 Å². The minimum atomic E-state index is -0.202. The van der Waals surface area contributed by atoms with Gasteiger partial charge in [0.05, 0.1) is 0 Å². The Morgan fingerprint density at radius 1 is 1.28 bits per heavy atom. The molecule has 0 amide bonds. The first-order chi connectivity index (χ1) is 8.65. The summed E-state index contributed by atoms with van der Waals surface area (Å²) in [6.45, 7) is 0. The topological polar surface area (TPSA) is 26.0 Å². The predicted octanol–water partition coefficient (Wildman–Crippen LogP) is 4.43. The summed E-state index contributed by atoms with van der Waals surface area (Å²) in [6, 6.07) is 5.05. The number of hydrogen-bond donors (Lipinski definition) is 1. The van der Waals surface area contributed by atoms with E-state index in [1.807, 2.05) is 6.07 Å². The normalized spacial score (nSPS) is 18.8. The first-order valence-corrected chi connectivity index (χ1v) is 7.64. The summed E-state index contributed by atoms with van der Waals surface area (Å²) in [4.78, 5) is 0. The van der Waals surface area contributed by atoms with E-state index in [2.05, 4.69) is 15.9 Å². The van der Waals surface area contributed by atoms with Gasteiger partial charge in [0.25, 0.3) is 0 Å². The van der Waals surface area contributed by atoms with Crippen molar-refractivity contribution in [2.24, 2.45) is 11.7 Å². The standard InChI is InChI=1S/C15H21BrFN/c16-15-10-13(17)7-6-12(15)9-14(18)8-11-4-2-1-3-5-11/h6-7,10-11,14H,1-5,8-9,18H2. The van der Waals surface area contributed by atoms with Crippen LogP contribution in [0.15, 0.2) is 22.7 Å². The molecule has 0 heterocycles. The Labute approximate surface area is 117 Å². The Kier molecular flexibility index (Phi) is 5.19. The largest absolute Gasteiger partial charge is 0.327 e. The molecule has 0 saturated heterocycles. The van der Waals surface area contributed by atoms with Crippen LogP contribution in [0.5, 0.6) is 0 Å². The third-order valence-electron chi connectivity index (χ3n) is 3.86. The van der Waals surface area contributed by atoms with E-state index >= 15 is 0 Å². The Balaban J connectivity index is 1.87. The average molecular weight is 314 g/mol. The molecule has 0 aromatic heterocycles. The first kappa shape index (κ1) is 14.0. The zero-order valence-electron chi connectivity index (χ0n) is 10.7. The average Bonchev–Trinajstić information content (AvgIpc) is 2.34. The zero-order valence-corrected chi connectivity index (χ0v) is 12.3. The van der Waals surface area contributed by atoms with Crippen molar-refractivity contribution in [1.29, 1.82) is 0 Å². The monoisotopic (exact) mass is 313 g/mol. The minimum Gasteiger partial charge on any atom is -0.327 e. The van der Waals surface area contributed by atoms with E-state index in [0.717, 1.165) is 28.8 Å². The molecule has 3 heteroatoms. The fourth-order valence-electron chi connectivity index (χ4n) is 2.90. The second-order valence-electron chi connectivity index (χ2n) is 5.44. The summed E-state index contributed by atoms with van der Waals surface area (Å²) in [5, 5.41) is 0. The summed E-state index contributed by atoms with van der Waals surface area (Å²) < 4.78 is 13.8. The predicted molar refractivity (Wildman–Crippen MR) is 77.0 cm³/mol. The molecule has 1 saturated carbocycles. The van der Waals surface area contributed by atoms with Gasteiger partial charge in [-0.25, -0.2) is 4.39 Å². The lowest BCUT2D eigenvalue weighted by Crippen LogP contribution is -2.27. The molecule has 1 aliphatic rings. The van der Waals surface area contributed by atoms with Crippen molar-refractivity contribution in [2.75, 3.05) is 0 Å². The Bertz CT molecular complexity index is 388. The molecule has 0 aliphatic heterocycles. The van der Waals surface area contributed by atoms with Crippen molar-refractivity contribution in [1.82, 2.24) is 0 Å². The Hall–Kier alpha value is -0.410. The van der Waals surface area contributed by atoms with E-state index in [0.29, 0.717) is 0 Å². The van der Waals surface area contributed by atoms with Gasteiger partial charge in [0.2, 0.25) is 0 Å². The molecule has 1 nitrogen and oxygen atoms in total. The SMILES string of the molecule is NC(Cc1ccc(F)cc1Br)CC1CCCCC1. The first-order valence-electron chi connectivity index (χ1n) is 6.84. The summed E-state index contributed by atoms with van der Waals surface area (Å²) in [6.07, 6.45) is 8.70. The highest BCUT2D eigenvalue weighted by Gasteiger charge is 2.17. The number of benzene rings is 1. The van der Waals surface area contributed by atoms with Gasteiger partial charge in [-0.15, -0.1) is 0 Å². The number of nitrogens with two attached hydrogens (primary N) is 1. The molecule has 1 aromatic carbocycles. The van der Waals surface area contributed by atoms with Gasteiger partial charge < -0.3 is 5.73 Å². The van der Waals surface area contributed by atoms with Crippen LogP contribution in [0, 0.1) is 11.7 Å². The van der Waals surface area contributed by atoms with Gasteiger partial charge in [0.1, 0.15) is 5.82 Å². The van der Waals surface area contributed by atoms with Crippen LogP contribution in [-0.2, 0) is 6.42 Å². The highest BCUT2D eigenvalue weighted by atomic mass is 79.9. The van der Waals surface area contributed by atoms with Gasteiger partial charge in [0, 0.05) is 10.5 Å². The fourth-order valence-corrected chi connectivity index (χ4v) is 3.42. The smallest absolute Gasteiger partial charge is 0.124 e. The maximum Gasteiger partial charge on any atom is 0.124 e. The number of rotatable bonds is 4. The summed E-state index contributed by atoms with van der Waals surface area (Å²) in [7, 11) is 0. The molecule has 2 N–H and O–H groups in total. The van der Waals surface area contributed by atoms with E-state index in [1.165, 1.54) is 44.2 Å². The molecular formula is C15H21BrFN. The number of hydrogen-bond acceptors (Lipinski definition) is 1. The quantitative estimate of drug-likeness (QED) is 0.874. The third kappa shape index (κ3) is 4.06. The molecule has 0 spiro atoms. The van der Waals surface area contributed by atoms with Crippen molar-refractivity contribution in [2.45, 2.75) is 51.0 Å². The molecule has 18 heavy (non-hydrogen) atoms. The minimum absolute atomic E-state index is 0.190. The van der Waals surface area contributed by atoms with Crippen molar-refractivity contribution < 1.29 is 4.39 Å². The van der Waals surface area contributed by atoms with Crippen LogP contribution in [0.4, 0.5) is 4.39 Å². The summed E-state index contributed by atoms with van der Waals surface area (Å²) >= 11 is 3.41. The molecule has 0 bridgehead atoms. The van der Waals surface area contributed by atoms with Gasteiger partial charge >= 0.3 is 0 Å². The molecule has 2 rings (SSSR count). The highest BCUT2D eigenvalue weighted by molar-refractivity contribution is 9.10. The third-order valence-corrected chi connectivity index (χ3v) is 4.60. The van der Waals surface area contributed by atoms with Crippen LogP contribution in [0.3, 0.4) is 0 Å². The molecular weight excluding hydrogens is 293 g/mol. The van der Waals surface area contributed by atoms with E-state index in [4.69, 9.17) is 5.73 Å². The van der Waals surface area contributed by atoms with Gasteiger partial charge in [-0.1, -0.05) is 54.1 Å². The molecule has 1 fully saturated rings. The van der Waals surface area contributed by atoms with Gasteiger partial charge in [-0.05, 0) is 36.5 Å². The second kappa shape index (κ2) is 6.67. The van der Waals surface area contributed by atoms with Crippen LogP contribution in [0.2, 0.25) is 0 Å². The van der Waals surface area contributed by atoms with Crippen molar-refractivity contribution in [3.8, 4) is 0 Å². The second-order valence-corrected chi connectivity index (χ2v) is 6.29. The number of halogens is 2. The van der Waals surface area contributed by atoms with E-state index < -0.39 is 0 Å². The fraction of sp³-hybridized carbons (Fsp3) is 0.600. The van der Waals surface area contributed by atoms with Crippen LogP contribution in [-0.4, -0.2) is 6.04 Å². The molecule has 1 aromatic rings. The van der Waals surface area contributed by atoms with Crippen LogP contribution >= 0.6 is 15.9 Å².